The predicted molar refractivity (Wildman–Crippen MR) is 105 cm³/mol. The Morgan fingerprint density at radius 2 is 1.89 bits per heavy atom. The van der Waals surface area contributed by atoms with Crippen LogP contribution in [0.15, 0.2) is 30.3 Å². The van der Waals surface area contributed by atoms with Crippen LogP contribution in [0.2, 0.25) is 5.02 Å². The molecule has 1 fully saturated rings. The summed E-state index contributed by atoms with van der Waals surface area (Å²) in [5.74, 6) is 0.637. The van der Waals surface area contributed by atoms with E-state index >= 15 is 0 Å². The van der Waals surface area contributed by atoms with Gasteiger partial charge in [-0.1, -0.05) is 30.7 Å². The molecule has 3 rings (SSSR count). The van der Waals surface area contributed by atoms with Crippen LogP contribution >= 0.6 is 11.6 Å². The van der Waals surface area contributed by atoms with E-state index in [2.05, 4.69) is 16.0 Å². The quantitative estimate of drug-likeness (QED) is 0.811. The molecule has 0 bridgehead atoms. The third-order valence-electron chi connectivity index (χ3n) is 4.71. The Morgan fingerprint density at radius 1 is 1.22 bits per heavy atom. The molecule has 1 aromatic carbocycles. The Kier molecular flexibility index (Phi) is 5.92. The summed E-state index contributed by atoms with van der Waals surface area (Å²) < 4.78 is 0. The zero-order valence-electron chi connectivity index (χ0n) is 15.5. The number of aromatic nitrogens is 2. The molecule has 0 N–H and O–H groups in total. The molecule has 7 heteroatoms. The second kappa shape index (κ2) is 8.36. The van der Waals surface area contributed by atoms with Gasteiger partial charge in [0.15, 0.2) is 0 Å². The van der Waals surface area contributed by atoms with Crippen molar-refractivity contribution in [3.05, 3.63) is 52.3 Å². The molecule has 1 aliphatic rings. The maximum absolute atomic E-state index is 12.8. The molecule has 27 heavy (non-hydrogen) atoms. The molecule has 1 unspecified atom stereocenters. The fourth-order valence-electron chi connectivity index (χ4n) is 3.25. The minimum Gasteiger partial charge on any atom is -0.339 e. The van der Waals surface area contributed by atoms with E-state index in [1.54, 1.807) is 6.07 Å². The lowest BCUT2D eigenvalue weighted by Gasteiger charge is -2.36. The van der Waals surface area contributed by atoms with Gasteiger partial charge >= 0.3 is 0 Å². The Bertz CT molecular complexity index is 854. The van der Waals surface area contributed by atoms with Crippen molar-refractivity contribution in [3.8, 4) is 6.07 Å². The minimum absolute atomic E-state index is 0.0851. The van der Waals surface area contributed by atoms with E-state index < -0.39 is 0 Å². The maximum Gasteiger partial charge on any atom is 0.226 e. The molecule has 0 radical (unpaired) electrons. The average molecular weight is 384 g/mol. The molecule has 6 nitrogen and oxygen atoms in total. The summed E-state index contributed by atoms with van der Waals surface area (Å²) in [4.78, 5) is 25.4. The second-order valence-corrected chi connectivity index (χ2v) is 7.29. The van der Waals surface area contributed by atoms with Crippen LogP contribution in [-0.2, 0) is 11.2 Å². The number of hydrogen-bond donors (Lipinski definition) is 0. The first-order valence-electron chi connectivity index (χ1n) is 9.00. The van der Waals surface area contributed by atoms with Gasteiger partial charge in [0.1, 0.15) is 11.8 Å². The van der Waals surface area contributed by atoms with Gasteiger partial charge in [0.25, 0.3) is 0 Å². The first-order chi connectivity index (χ1) is 13.0. The molecule has 0 aliphatic carbocycles. The molecule has 140 valence electrons. The van der Waals surface area contributed by atoms with Gasteiger partial charge in [0.05, 0.1) is 0 Å². The standard InChI is InChI=1S/C20H22ClN5O/c1-14(11-16-3-5-17(21)6-4-16)19(27)25-7-9-26(10-8-25)20-23-15(2)12-18(13-22)24-20/h3-6,12,14H,7-11H2,1-2H3. The Labute approximate surface area is 164 Å². The summed E-state index contributed by atoms with van der Waals surface area (Å²) in [6, 6.07) is 11.4. The summed E-state index contributed by atoms with van der Waals surface area (Å²) >= 11 is 5.92. The highest BCUT2D eigenvalue weighted by atomic mass is 35.5. The van der Waals surface area contributed by atoms with Gasteiger partial charge in [-0.05, 0) is 37.1 Å². The van der Waals surface area contributed by atoms with E-state index in [1.165, 1.54) is 0 Å². The van der Waals surface area contributed by atoms with Crippen molar-refractivity contribution >= 4 is 23.5 Å². The van der Waals surface area contributed by atoms with Gasteiger partial charge in [0, 0.05) is 42.8 Å². The fraction of sp³-hybridized carbons (Fsp3) is 0.400. The SMILES string of the molecule is Cc1cc(C#N)nc(N2CCN(C(=O)C(C)Cc3ccc(Cl)cc3)CC2)n1. The lowest BCUT2D eigenvalue weighted by Crippen LogP contribution is -2.50. The van der Waals surface area contributed by atoms with E-state index in [4.69, 9.17) is 16.9 Å². The predicted octanol–water partition coefficient (Wildman–Crippen LogP) is 2.84. The van der Waals surface area contributed by atoms with Crippen molar-refractivity contribution in [2.75, 3.05) is 31.1 Å². The highest BCUT2D eigenvalue weighted by molar-refractivity contribution is 6.30. The molecule has 2 aromatic rings. The fourth-order valence-corrected chi connectivity index (χ4v) is 3.38. The van der Waals surface area contributed by atoms with Gasteiger partial charge in [-0.15, -0.1) is 0 Å². The number of benzene rings is 1. The van der Waals surface area contributed by atoms with Crippen molar-refractivity contribution in [2.24, 2.45) is 5.92 Å². The second-order valence-electron chi connectivity index (χ2n) is 6.85. The number of halogens is 1. The lowest BCUT2D eigenvalue weighted by molar-refractivity contribution is -0.135. The van der Waals surface area contributed by atoms with Crippen LogP contribution in [0.4, 0.5) is 5.95 Å². The summed E-state index contributed by atoms with van der Waals surface area (Å²) in [6.07, 6.45) is 0.697. The van der Waals surface area contributed by atoms with Gasteiger partial charge < -0.3 is 9.80 Å². The number of piperazine rings is 1. The zero-order chi connectivity index (χ0) is 19.4. The van der Waals surface area contributed by atoms with Crippen molar-refractivity contribution in [1.29, 1.82) is 5.26 Å². The molecule has 1 aromatic heterocycles. The molecule has 1 aliphatic heterocycles. The number of aryl methyl sites for hydroxylation is 1. The van der Waals surface area contributed by atoms with Crippen molar-refractivity contribution < 1.29 is 4.79 Å². The van der Waals surface area contributed by atoms with Crippen molar-refractivity contribution in [1.82, 2.24) is 14.9 Å². The van der Waals surface area contributed by atoms with Crippen LogP contribution in [0.25, 0.3) is 0 Å². The van der Waals surface area contributed by atoms with Gasteiger partial charge in [-0.25, -0.2) is 9.97 Å². The van der Waals surface area contributed by atoms with Crippen LogP contribution in [-0.4, -0.2) is 47.0 Å². The molecule has 1 atom stereocenters. The van der Waals surface area contributed by atoms with Gasteiger partial charge in [-0.3, -0.25) is 4.79 Å². The van der Waals surface area contributed by atoms with Crippen molar-refractivity contribution in [2.45, 2.75) is 20.3 Å². The van der Waals surface area contributed by atoms with Crippen LogP contribution in [0.1, 0.15) is 23.9 Å². The normalized spacial score (nSPS) is 15.3. The van der Waals surface area contributed by atoms with Crippen molar-refractivity contribution in [3.63, 3.8) is 0 Å². The summed E-state index contributed by atoms with van der Waals surface area (Å²) in [7, 11) is 0. The van der Waals surface area contributed by atoms with Crippen LogP contribution in [0.5, 0.6) is 0 Å². The third-order valence-corrected chi connectivity index (χ3v) is 4.96. The lowest BCUT2D eigenvalue weighted by atomic mass is 9.99. The van der Waals surface area contributed by atoms with E-state index in [1.807, 2.05) is 47.9 Å². The van der Waals surface area contributed by atoms with E-state index in [-0.39, 0.29) is 11.8 Å². The minimum atomic E-state index is -0.0851. The molecule has 0 spiro atoms. The molecule has 1 amide bonds. The van der Waals surface area contributed by atoms with Crippen LogP contribution in [0.3, 0.4) is 0 Å². The van der Waals surface area contributed by atoms with Gasteiger partial charge in [-0.2, -0.15) is 5.26 Å². The van der Waals surface area contributed by atoms with E-state index in [0.29, 0.717) is 49.3 Å². The maximum atomic E-state index is 12.8. The van der Waals surface area contributed by atoms with Crippen LogP contribution < -0.4 is 4.90 Å². The first kappa shape index (κ1) is 19.1. The van der Waals surface area contributed by atoms with E-state index in [0.717, 1.165) is 11.3 Å². The highest BCUT2D eigenvalue weighted by Gasteiger charge is 2.26. The molecule has 1 saturated heterocycles. The average Bonchev–Trinajstić information content (AvgIpc) is 2.68. The Morgan fingerprint density at radius 3 is 2.52 bits per heavy atom. The molecule has 0 saturated carbocycles. The molecule has 2 heterocycles. The first-order valence-corrected chi connectivity index (χ1v) is 9.38. The number of hydrogen-bond acceptors (Lipinski definition) is 5. The molecular formula is C20H22ClN5O. The summed E-state index contributed by atoms with van der Waals surface area (Å²) in [6.45, 7) is 6.39. The van der Waals surface area contributed by atoms with Gasteiger partial charge in [0.2, 0.25) is 11.9 Å². The monoisotopic (exact) mass is 383 g/mol. The number of amides is 1. The Hall–Kier alpha value is -2.65. The number of rotatable bonds is 4. The number of carbonyl (C=O) groups is 1. The third kappa shape index (κ3) is 4.75. The molecular weight excluding hydrogens is 362 g/mol. The zero-order valence-corrected chi connectivity index (χ0v) is 16.3. The number of nitrogens with zero attached hydrogens (tertiary/aromatic N) is 5. The Balaban J connectivity index is 1.58. The smallest absolute Gasteiger partial charge is 0.226 e. The van der Waals surface area contributed by atoms with Crippen LogP contribution in [0, 0.1) is 24.2 Å². The largest absolute Gasteiger partial charge is 0.339 e. The summed E-state index contributed by atoms with van der Waals surface area (Å²) in [5, 5.41) is 9.78. The number of nitriles is 1. The topological polar surface area (TPSA) is 73.1 Å². The summed E-state index contributed by atoms with van der Waals surface area (Å²) in [5.41, 5.74) is 2.25. The van der Waals surface area contributed by atoms with E-state index in [9.17, 15) is 4.79 Å². The highest BCUT2D eigenvalue weighted by Crippen LogP contribution is 2.17. The number of carbonyl (C=O) groups excluding carboxylic acids is 1. The number of anilines is 1.